The van der Waals surface area contributed by atoms with Crippen molar-refractivity contribution in [2.75, 3.05) is 16.8 Å². The third-order valence-electron chi connectivity index (χ3n) is 3.80. The SMILES string of the molecule is CCc1noc(COC(=O)CCC(=O)N2CC(=O)Nc3ccccc32)n1. The van der Waals surface area contributed by atoms with Gasteiger partial charge in [0.2, 0.25) is 11.8 Å². The number of para-hydroxylation sites is 2. The monoisotopic (exact) mass is 358 g/mol. The topological polar surface area (TPSA) is 115 Å². The molecule has 0 bridgehead atoms. The Balaban J connectivity index is 1.52. The van der Waals surface area contributed by atoms with Crippen LogP contribution >= 0.6 is 0 Å². The van der Waals surface area contributed by atoms with E-state index in [0.717, 1.165) is 0 Å². The van der Waals surface area contributed by atoms with Crippen LogP contribution in [0.5, 0.6) is 0 Å². The minimum absolute atomic E-state index is 0.0650. The molecule has 0 aliphatic carbocycles. The molecule has 0 fully saturated rings. The molecule has 2 heterocycles. The van der Waals surface area contributed by atoms with Crippen LogP contribution < -0.4 is 10.2 Å². The molecule has 9 nitrogen and oxygen atoms in total. The van der Waals surface area contributed by atoms with Gasteiger partial charge in [0, 0.05) is 12.8 Å². The lowest BCUT2D eigenvalue weighted by Crippen LogP contribution is -2.42. The standard InChI is InChI=1S/C17H18N4O5/c1-2-13-19-15(26-20-13)10-25-17(24)8-7-16(23)21-9-14(22)18-11-5-3-4-6-12(11)21/h3-6H,2,7-10H2,1H3,(H,18,22). The molecule has 0 saturated carbocycles. The number of carbonyl (C=O) groups is 3. The molecule has 9 heteroatoms. The molecule has 1 aromatic carbocycles. The van der Waals surface area contributed by atoms with Gasteiger partial charge in [0.05, 0.1) is 17.8 Å². The molecule has 0 radical (unpaired) electrons. The Kier molecular flexibility index (Phi) is 5.26. The van der Waals surface area contributed by atoms with Crippen LogP contribution in [-0.4, -0.2) is 34.5 Å². The summed E-state index contributed by atoms with van der Waals surface area (Å²) < 4.78 is 9.95. The van der Waals surface area contributed by atoms with Crippen LogP contribution in [-0.2, 0) is 32.1 Å². The number of ether oxygens (including phenoxy) is 1. The van der Waals surface area contributed by atoms with Crippen LogP contribution in [0.1, 0.15) is 31.5 Å². The number of esters is 1. The number of amides is 2. The zero-order chi connectivity index (χ0) is 18.5. The van der Waals surface area contributed by atoms with Gasteiger partial charge >= 0.3 is 5.97 Å². The van der Waals surface area contributed by atoms with Gasteiger partial charge in [-0.2, -0.15) is 4.98 Å². The molecular weight excluding hydrogens is 340 g/mol. The fourth-order valence-electron chi connectivity index (χ4n) is 2.51. The van der Waals surface area contributed by atoms with Gasteiger partial charge in [-0.3, -0.25) is 14.4 Å². The smallest absolute Gasteiger partial charge is 0.306 e. The Labute approximate surface area is 149 Å². The van der Waals surface area contributed by atoms with Crippen molar-refractivity contribution in [3.8, 4) is 0 Å². The van der Waals surface area contributed by atoms with Crippen LogP contribution in [0.2, 0.25) is 0 Å². The summed E-state index contributed by atoms with van der Waals surface area (Å²) in [7, 11) is 0. The predicted molar refractivity (Wildman–Crippen MR) is 90.1 cm³/mol. The summed E-state index contributed by atoms with van der Waals surface area (Å²) in [5.41, 5.74) is 1.19. The molecule has 0 unspecified atom stereocenters. The summed E-state index contributed by atoms with van der Waals surface area (Å²) in [6.07, 6.45) is 0.454. The molecule has 1 aliphatic heterocycles. The Hall–Kier alpha value is -3.23. The van der Waals surface area contributed by atoms with E-state index in [2.05, 4.69) is 15.5 Å². The minimum atomic E-state index is -0.552. The second-order valence-electron chi connectivity index (χ2n) is 5.66. The van der Waals surface area contributed by atoms with Crippen molar-refractivity contribution in [1.82, 2.24) is 10.1 Å². The number of carbonyl (C=O) groups excluding carboxylic acids is 3. The van der Waals surface area contributed by atoms with Gasteiger partial charge in [0.15, 0.2) is 12.4 Å². The first-order valence-corrected chi connectivity index (χ1v) is 8.23. The normalized spacial score (nSPS) is 13.1. The van der Waals surface area contributed by atoms with Crippen LogP contribution in [0.3, 0.4) is 0 Å². The van der Waals surface area contributed by atoms with E-state index in [1.54, 1.807) is 24.3 Å². The van der Waals surface area contributed by atoms with Crippen molar-refractivity contribution >= 4 is 29.2 Å². The molecule has 0 atom stereocenters. The molecule has 0 spiro atoms. The molecule has 2 aromatic rings. The first-order chi connectivity index (χ1) is 12.6. The number of benzene rings is 1. The summed E-state index contributed by atoms with van der Waals surface area (Å²) >= 11 is 0. The fourth-order valence-corrected chi connectivity index (χ4v) is 2.51. The lowest BCUT2D eigenvalue weighted by atomic mass is 10.1. The van der Waals surface area contributed by atoms with Gasteiger partial charge in [-0.25, -0.2) is 0 Å². The lowest BCUT2D eigenvalue weighted by Gasteiger charge is -2.29. The van der Waals surface area contributed by atoms with E-state index in [4.69, 9.17) is 9.26 Å². The first-order valence-electron chi connectivity index (χ1n) is 8.23. The number of hydrogen-bond donors (Lipinski definition) is 1. The molecule has 1 aliphatic rings. The van der Waals surface area contributed by atoms with Crippen molar-refractivity contribution in [2.45, 2.75) is 32.8 Å². The van der Waals surface area contributed by atoms with Crippen molar-refractivity contribution in [3.63, 3.8) is 0 Å². The number of hydrogen-bond acceptors (Lipinski definition) is 7. The van der Waals surface area contributed by atoms with E-state index in [1.165, 1.54) is 4.90 Å². The van der Waals surface area contributed by atoms with Gasteiger partial charge in [-0.05, 0) is 12.1 Å². The number of aromatic nitrogens is 2. The Morgan fingerprint density at radius 1 is 1.31 bits per heavy atom. The van der Waals surface area contributed by atoms with Crippen LogP contribution in [0.15, 0.2) is 28.8 Å². The lowest BCUT2D eigenvalue weighted by molar-refractivity contribution is -0.146. The maximum atomic E-state index is 12.4. The van der Waals surface area contributed by atoms with Crippen molar-refractivity contribution in [3.05, 3.63) is 36.0 Å². The highest BCUT2D eigenvalue weighted by atomic mass is 16.6. The summed E-state index contributed by atoms with van der Waals surface area (Å²) in [6.45, 7) is 1.67. The van der Waals surface area contributed by atoms with Gasteiger partial charge in [0.25, 0.3) is 5.89 Å². The maximum Gasteiger partial charge on any atom is 0.306 e. The average molecular weight is 358 g/mol. The van der Waals surface area contributed by atoms with E-state index in [0.29, 0.717) is 23.6 Å². The minimum Gasteiger partial charge on any atom is -0.456 e. The molecule has 136 valence electrons. The van der Waals surface area contributed by atoms with E-state index < -0.39 is 5.97 Å². The van der Waals surface area contributed by atoms with Crippen LogP contribution in [0, 0.1) is 0 Å². The highest BCUT2D eigenvalue weighted by Gasteiger charge is 2.26. The predicted octanol–water partition coefficient (Wildman–Crippen LogP) is 1.44. The number of nitrogens with zero attached hydrogens (tertiary/aromatic N) is 3. The number of fused-ring (bicyclic) bond motifs is 1. The Morgan fingerprint density at radius 2 is 2.12 bits per heavy atom. The van der Waals surface area contributed by atoms with E-state index >= 15 is 0 Å². The third-order valence-corrected chi connectivity index (χ3v) is 3.80. The second-order valence-corrected chi connectivity index (χ2v) is 5.66. The summed E-state index contributed by atoms with van der Waals surface area (Å²) in [5.74, 6) is -0.404. The van der Waals surface area contributed by atoms with Crippen LogP contribution in [0.25, 0.3) is 0 Å². The highest BCUT2D eigenvalue weighted by Crippen LogP contribution is 2.29. The van der Waals surface area contributed by atoms with Gasteiger partial charge in [-0.15, -0.1) is 0 Å². The number of aryl methyl sites for hydroxylation is 1. The van der Waals surface area contributed by atoms with Crippen LogP contribution in [0.4, 0.5) is 11.4 Å². The quantitative estimate of drug-likeness (QED) is 0.777. The molecule has 1 aromatic heterocycles. The molecule has 1 N–H and O–H groups in total. The van der Waals surface area contributed by atoms with Crippen molar-refractivity contribution in [1.29, 1.82) is 0 Å². The van der Waals surface area contributed by atoms with E-state index in [-0.39, 0.29) is 43.7 Å². The molecule has 26 heavy (non-hydrogen) atoms. The van der Waals surface area contributed by atoms with Crippen molar-refractivity contribution < 1.29 is 23.6 Å². The molecule has 0 saturated heterocycles. The van der Waals surface area contributed by atoms with E-state index in [9.17, 15) is 14.4 Å². The number of anilines is 2. The van der Waals surface area contributed by atoms with E-state index in [1.807, 2.05) is 6.92 Å². The summed E-state index contributed by atoms with van der Waals surface area (Å²) in [4.78, 5) is 41.4. The summed E-state index contributed by atoms with van der Waals surface area (Å²) in [6, 6.07) is 7.01. The zero-order valence-corrected chi connectivity index (χ0v) is 14.2. The van der Waals surface area contributed by atoms with Gasteiger partial charge in [-0.1, -0.05) is 24.2 Å². The highest BCUT2D eigenvalue weighted by molar-refractivity contribution is 6.10. The molecule has 3 rings (SSSR count). The largest absolute Gasteiger partial charge is 0.456 e. The average Bonchev–Trinajstić information content (AvgIpc) is 3.11. The first kappa shape index (κ1) is 17.6. The van der Waals surface area contributed by atoms with Gasteiger partial charge < -0.3 is 19.5 Å². The number of nitrogens with one attached hydrogen (secondary N) is 1. The Bertz CT molecular complexity index is 832. The van der Waals surface area contributed by atoms with Crippen molar-refractivity contribution in [2.24, 2.45) is 0 Å². The second kappa shape index (κ2) is 7.77. The fraction of sp³-hybridized carbons (Fsp3) is 0.353. The Morgan fingerprint density at radius 3 is 2.88 bits per heavy atom. The number of rotatable bonds is 6. The zero-order valence-electron chi connectivity index (χ0n) is 14.2. The molecular formula is C17H18N4O5. The molecule has 2 amide bonds. The van der Waals surface area contributed by atoms with Gasteiger partial charge in [0.1, 0.15) is 6.54 Å². The maximum absolute atomic E-state index is 12.4. The summed E-state index contributed by atoms with van der Waals surface area (Å²) in [5, 5.41) is 6.41. The third kappa shape index (κ3) is 4.05.